The molecule has 0 bridgehead atoms. The van der Waals surface area contributed by atoms with Crippen LogP contribution in [0.3, 0.4) is 0 Å². The summed E-state index contributed by atoms with van der Waals surface area (Å²) in [5.74, 6) is 1.000. The molecule has 2 aromatic rings. The van der Waals surface area contributed by atoms with Crippen LogP contribution in [0.1, 0.15) is 45.7 Å². The molecule has 0 radical (unpaired) electrons. The molecule has 2 fully saturated rings. The maximum atomic E-state index is 12.6. The second kappa shape index (κ2) is 10.3. The summed E-state index contributed by atoms with van der Waals surface area (Å²) in [7, 11) is -3.33. The molecular formula is C24H33N5O4S. The van der Waals surface area contributed by atoms with E-state index in [2.05, 4.69) is 27.4 Å². The van der Waals surface area contributed by atoms with Gasteiger partial charge in [0.2, 0.25) is 0 Å². The van der Waals surface area contributed by atoms with E-state index in [0.717, 1.165) is 24.8 Å². The molecule has 1 aromatic carbocycles. The van der Waals surface area contributed by atoms with E-state index < -0.39 is 15.1 Å². The fourth-order valence-electron chi connectivity index (χ4n) is 3.88. The number of nitrogens with one attached hydrogen (secondary N) is 2. The van der Waals surface area contributed by atoms with Crippen molar-refractivity contribution >= 4 is 27.4 Å². The third-order valence-corrected chi connectivity index (χ3v) is 8.47. The van der Waals surface area contributed by atoms with Crippen LogP contribution in [0, 0.1) is 0 Å². The van der Waals surface area contributed by atoms with E-state index in [1.807, 2.05) is 12.1 Å². The van der Waals surface area contributed by atoms with Gasteiger partial charge in [-0.25, -0.2) is 23.2 Å². The molecule has 0 unspecified atom stereocenters. The van der Waals surface area contributed by atoms with Crippen molar-refractivity contribution in [3.8, 4) is 11.4 Å². The first kappa shape index (κ1) is 24.4. The van der Waals surface area contributed by atoms with Gasteiger partial charge in [0.25, 0.3) is 0 Å². The predicted molar refractivity (Wildman–Crippen MR) is 133 cm³/mol. The fourth-order valence-corrected chi connectivity index (χ4v) is 4.77. The highest BCUT2D eigenvalue weighted by atomic mass is 32.2. The third kappa shape index (κ3) is 5.85. The summed E-state index contributed by atoms with van der Waals surface area (Å²) in [6.07, 6.45) is 3.20. The number of hydrogen-bond donors (Lipinski definition) is 2. The van der Waals surface area contributed by atoms with Crippen LogP contribution in [0.5, 0.6) is 0 Å². The highest BCUT2D eigenvalue weighted by molar-refractivity contribution is 7.91. The largest absolute Gasteiger partial charge is 0.377 e. The number of amides is 2. The summed E-state index contributed by atoms with van der Waals surface area (Å²) >= 11 is 0. The predicted octanol–water partition coefficient (Wildman–Crippen LogP) is 3.37. The standard InChI is InChI=1S/C24H33N5O4S/c1-16(2)34(31,32)15-21-13-22(29-11-12-33-14-17(29)3)28-23(25-21)18-7-9-20(10-8-18)27-24(30)26-19-5-4-6-19/h7-10,13,16-17,19H,4-6,11-12,14-15H2,1-3H3,(H2,26,27,30)/t17-/m0/s1. The molecule has 34 heavy (non-hydrogen) atoms. The minimum atomic E-state index is -3.33. The number of hydrogen-bond acceptors (Lipinski definition) is 7. The summed E-state index contributed by atoms with van der Waals surface area (Å²) < 4.78 is 30.8. The lowest BCUT2D eigenvalue weighted by atomic mass is 9.93. The van der Waals surface area contributed by atoms with Gasteiger partial charge in [-0.05, 0) is 64.3 Å². The summed E-state index contributed by atoms with van der Waals surface area (Å²) in [5.41, 5.74) is 1.88. The van der Waals surface area contributed by atoms with Gasteiger partial charge in [-0.15, -0.1) is 0 Å². The zero-order valence-electron chi connectivity index (χ0n) is 20.0. The molecule has 1 saturated carbocycles. The quantitative estimate of drug-likeness (QED) is 0.616. The number of anilines is 2. The van der Waals surface area contributed by atoms with Crippen LogP contribution in [-0.4, -0.2) is 61.5 Å². The maximum Gasteiger partial charge on any atom is 0.319 e. The van der Waals surface area contributed by atoms with Crippen LogP contribution in [0.25, 0.3) is 11.4 Å². The van der Waals surface area contributed by atoms with Crippen LogP contribution < -0.4 is 15.5 Å². The molecule has 1 aliphatic carbocycles. The molecule has 2 heterocycles. The monoisotopic (exact) mass is 487 g/mol. The zero-order valence-corrected chi connectivity index (χ0v) is 20.8. The molecule has 9 nitrogen and oxygen atoms in total. The van der Waals surface area contributed by atoms with E-state index in [0.29, 0.717) is 42.8 Å². The Morgan fingerprint density at radius 3 is 2.56 bits per heavy atom. The van der Waals surface area contributed by atoms with E-state index >= 15 is 0 Å². The van der Waals surface area contributed by atoms with Gasteiger partial charge >= 0.3 is 6.03 Å². The highest BCUT2D eigenvalue weighted by Gasteiger charge is 2.24. The number of carbonyl (C=O) groups excluding carboxylic acids is 1. The lowest BCUT2D eigenvalue weighted by Crippen LogP contribution is -2.44. The number of rotatable bonds is 7. The Kier molecular flexibility index (Phi) is 7.37. The smallest absolute Gasteiger partial charge is 0.319 e. The molecule has 2 amide bonds. The number of aromatic nitrogens is 2. The van der Waals surface area contributed by atoms with Crippen LogP contribution in [-0.2, 0) is 20.3 Å². The summed E-state index contributed by atoms with van der Waals surface area (Å²) in [5, 5.41) is 5.31. The summed E-state index contributed by atoms with van der Waals surface area (Å²) in [6, 6.07) is 9.21. The normalized spacial score (nSPS) is 19.1. The lowest BCUT2D eigenvalue weighted by molar-refractivity contribution is 0.0985. The summed E-state index contributed by atoms with van der Waals surface area (Å²) in [6.45, 7) is 7.26. The van der Waals surface area contributed by atoms with Gasteiger partial charge in [0.05, 0.1) is 36.0 Å². The van der Waals surface area contributed by atoms with Gasteiger partial charge in [0.15, 0.2) is 15.7 Å². The molecule has 10 heteroatoms. The number of urea groups is 1. The van der Waals surface area contributed by atoms with E-state index in [1.54, 1.807) is 32.0 Å². The third-order valence-electron chi connectivity index (χ3n) is 6.34. The topological polar surface area (TPSA) is 114 Å². The molecule has 184 valence electrons. The first-order valence-corrected chi connectivity index (χ1v) is 13.5. The van der Waals surface area contributed by atoms with Crippen molar-refractivity contribution in [3.05, 3.63) is 36.0 Å². The van der Waals surface area contributed by atoms with Crippen molar-refractivity contribution < 1.29 is 17.9 Å². The lowest BCUT2D eigenvalue weighted by Gasteiger charge is -2.34. The molecular weight excluding hydrogens is 454 g/mol. The van der Waals surface area contributed by atoms with Crippen molar-refractivity contribution in [2.24, 2.45) is 0 Å². The number of ether oxygens (including phenoxy) is 1. The van der Waals surface area contributed by atoms with Crippen LogP contribution in [0.4, 0.5) is 16.3 Å². The van der Waals surface area contributed by atoms with E-state index in [1.165, 1.54) is 0 Å². The summed E-state index contributed by atoms with van der Waals surface area (Å²) in [4.78, 5) is 23.6. The Bertz CT molecular complexity index is 1120. The molecule has 1 aromatic heterocycles. The van der Waals surface area contributed by atoms with Crippen LogP contribution in [0.15, 0.2) is 30.3 Å². The second-order valence-corrected chi connectivity index (χ2v) is 11.9. The van der Waals surface area contributed by atoms with Crippen LogP contribution >= 0.6 is 0 Å². The zero-order chi connectivity index (χ0) is 24.3. The highest BCUT2D eigenvalue weighted by Crippen LogP contribution is 2.26. The van der Waals surface area contributed by atoms with Gasteiger partial charge in [-0.3, -0.25) is 0 Å². The molecule has 1 aliphatic heterocycles. The SMILES string of the molecule is CC(C)S(=O)(=O)Cc1cc(N2CCOC[C@@H]2C)nc(-c2ccc(NC(=O)NC3CCC3)cc2)n1. The van der Waals surface area contributed by atoms with Crippen LogP contribution in [0.2, 0.25) is 0 Å². The number of sulfone groups is 1. The van der Waals surface area contributed by atoms with Gasteiger partial charge in [0.1, 0.15) is 5.82 Å². The van der Waals surface area contributed by atoms with Crippen molar-refractivity contribution in [2.75, 3.05) is 30.0 Å². The second-order valence-electron chi connectivity index (χ2n) is 9.32. The van der Waals surface area contributed by atoms with Crippen molar-refractivity contribution in [2.45, 2.75) is 63.1 Å². The minimum absolute atomic E-state index is 0.117. The van der Waals surface area contributed by atoms with E-state index in [4.69, 9.17) is 9.72 Å². The molecule has 0 spiro atoms. The van der Waals surface area contributed by atoms with Gasteiger partial charge in [-0.1, -0.05) is 0 Å². The van der Waals surface area contributed by atoms with Crippen molar-refractivity contribution in [3.63, 3.8) is 0 Å². The Hall–Kier alpha value is -2.72. The van der Waals surface area contributed by atoms with Gasteiger partial charge < -0.3 is 20.3 Å². The molecule has 4 rings (SSSR count). The first-order valence-electron chi connectivity index (χ1n) is 11.8. The minimum Gasteiger partial charge on any atom is -0.377 e. The molecule has 2 N–H and O–H groups in total. The molecule has 1 saturated heterocycles. The Balaban J connectivity index is 1.59. The van der Waals surface area contributed by atoms with E-state index in [-0.39, 0.29) is 23.9 Å². The molecule has 1 atom stereocenters. The number of carbonyl (C=O) groups is 1. The fraction of sp³-hybridized carbons (Fsp3) is 0.542. The Morgan fingerprint density at radius 2 is 1.94 bits per heavy atom. The van der Waals surface area contributed by atoms with Crippen molar-refractivity contribution in [1.82, 2.24) is 15.3 Å². The van der Waals surface area contributed by atoms with Gasteiger partial charge in [0, 0.05) is 29.9 Å². The molecule has 2 aliphatic rings. The average Bonchev–Trinajstić information content (AvgIpc) is 2.76. The van der Waals surface area contributed by atoms with Gasteiger partial charge in [-0.2, -0.15) is 0 Å². The number of morpholine rings is 1. The van der Waals surface area contributed by atoms with E-state index in [9.17, 15) is 13.2 Å². The number of benzene rings is 1. The maximum absolute atomic E-state index is 12.6. The Morgan fingerprint density at radius 1 is 1.21 bits per heavy atom. The Labute approximate surface area is 201 Å². The first-order chi connectivity index (χ1) is 16.2. The average molecular weight is 488 g/mol. The number of nitrogens with zero attached hydrogens (tertiary/aromatic N) is 3. The van der Waals surface area contributed by atoms with Crippen molar-refractivity contribution in [1.29, 1.82) is 0 Å².